The molecule has 6 N–H and O–H groups in total. The number of rotatable bonds is 2. The highest BCUT2D eigenvalue weighted by Gasteiger charge is 2.22. The summed E-state index contributed by atoms with van der Waals surface area (Å²) in [7, 11) is 0. The number of hydrogen-bond acceptors (Lipinski definition) is 10. The highest BCUT2D eigenvalue weighted by molar-refractivity contribution is 8.24. The molecule has 0 aliphatic carbocycles. The average molecular weight is 698 g/mol. The van der Waals surface area contributed by atoms with Crippen LogP contribution in [0.4, 0.5) is 11.4 Å². The van der Waals surface area contributed by atoms with Gasteiger partial charge in [-0.1, -0.05) is 40.0 Å². The molecule has 0 spiro atoms. The number of nitrogens with one attached hydrogen (secondary N) is 3. The smallest absolute Gasteiger partial charge is 0.375 e. The van der Waals surface area contributed by atoms with Crippen molar-refractivity contribution in [3.63, 3.8) is 0 Å². The number of halogens is 6. The van der Waals surface area contributed by atoms with Gasteiger partial charge >= 0.3 is 27.7 Å². The Labute approximate surface area is 250 Å². The van der Waals surface area contributed by atoms with E-state index in [1.165, 1.54) is 30.3 Å². The van der Waals surface area contributed by atoms with Crippen LogP contribution < -0.4 is 17.0 Å². The molecule has 214 valence electrons. The second-order valence-electron chi connectivity index (χ2n) is 6.69. The van der Waals surface area contributed by atoms with E-state index in [0.29, 0.717) is 20.9 Å². The lowest BCUT2D eigenvalue weighted by Gasteiger charge is -2.01. The summed E-state index contributed by atoms with van der Waals surface area (Å²) < 4.78 is 9.51. The van der Waals surface area contributed by atoms with E-state index in [0.717, 1.165) is 0 Å². The van der Waals surface area contributed by atoms with Crippen molar-refractivity contribution in [2.24, 2.45) is 11.1 Å². The lowest BCUT2D eigenvalue weighted by molar-refractivity contribution is -0.387. The Bertz CT molecular complexity index is 1640. The number of hydrogen-bond donors (Lipinski definition) is 5. The number of nitrogens with zero attached hydrogens (tertiary/aromatic N) is 3. The van der Waals surface area contributed by atoms with E-state index in [9.17, 15) is 39.5 Å². The van der Waals surface area contributed by atoms with E-state index >= 15 is 0 Å². The number of fused-ring (bicyclic) bond motifs is 2. The van der Waals surface area contributed by atoms with E-state index in [-0.39, 0.29) is 15.9 Å². The monoisotopic (exact) mass is 695 g/mol. The molecule has 0 saturated heterocycles. The van der Waals surface area contributed by atoms with Crippen LogP contribution in [0, 0.1) is 25.8 Å². The molecule has 0 saturated carbocycles. The number of H-pyrrole nitrogens is 2. The maximum absolute atomic E-state index is 11.4. The largest absolute Gasteiger partial charge is 0.501 e. The Morgan fingerprint density at radius 1 is 0.850 bits per heavy atom. The normalized spacial score (nSPS) is 10.2. The fraction of sp³-hybridized carbons (Fsp3) is 0. The van der Waals surface area contributed by atoms with Gasteiger partial charge in [-0.2, -0.15) is 5.53 Å². The van der Waals surface area contributed by atoms with Crippen LogP contribution in [-0.4, -0.2) is 24.9 Å². The van der Waals surface area contributed by atoms with Crippen molar-refractivity contribution in [3.05, 3.63) is 92.4 Å². The van der Waals surface area contributed by atoms with E-state index in [2.05, 4.69) is 54.8 Å². The molecular weight excluding hydrogens is 686 g/mol. The number of aromatic nitrogens is 2. The van der Waals surface area contributed by atoms with Gasteiger partial charge in [0.1, 0.15) is 5.02 Å². The van der Waals surface area contributed by atoms with Crippen molar-refractivity contribution in [1.29, 1.82) is 5.53 Å². The fourth-order valence-electron chi connectivity index (χ4n) is 2.79. The van der Waals surface area contributed by atoms with Crippen LogP contribution in [0.2, 0.25) is 15.1 Å². The van der Waals surface area contributed by atoms with Crippen LogP contribution in [0.3, 0.4) is 0 Å². The molecule has 0 radical (unpaired) electrons. The van der Waals surface area contributed by atoms with E-state index in [1.54, 1.807) is 6.07 Å². The molecule has 2 heterocycles. The first-order valence-electron chi connectivity index (χ1n) is 9.52. The highest BCUT2D eigenvalue weighted by atomic mass is 36.0. The predicted octanol–water partition coefficient (Wildman–Crippen LogP) is 7.24. The minimum Gasteiger partial charge on any atom is -0.501 e. The topological polar surface area (TPSA) is 252 Å². The molecule has 0 aliphatic rings. The summed E-state index contributed by atoms with van der Waals surface area (Å²) >= 11 is 31.1. The van der Waals surface area contributed by atoms with Gasteiger partial charge in [0.25, 0.3) is 0 Å². The van der Waals surface area contributed by atoms with Crippen molar-refractivity contribution in [2.45, 2.75) is 0 Å². The van der Waals surface area contributed by atoms with Gasteiger partial charge in [-0.15, -0.1) is 0 Å². The standard InChI is InChI=1S/C9H4Cl2N2O3.C9H5ClN2O4.Cl3OP.H3N3/c10-4-1-2-6-5(3-4)7(11)8(13(15)16)9(14)12-6;10-4-1-2-6-5(3-4)8(13)7(12(15)16)9(14)11-6;1-5(2,3)4;1-3-2/h1-3H,(H,12,14);1-3H,(H2,11,13,14);;(H3,1,2). The van der Waals surface area contributed by atoms with Gasteiger partial charge in [-0.05, 0) is 70.1 Å². The van der Waals surface area contributed by atoms with Gasteiger partial charge in [-0.25, -0.2) is 0 Å². The highest BCUT2D eigenvalue weighted by Crippen LogP contribution is 2.61. The third kappa shape index (κ3) is 10.1. The van der Waals surface area contributed by atoms with Gasteiger partial charge in [0.05, 0.1) is 20.9 Å². The molecule has 15 nitrogen and oxygen atoms in total. The molecule has 4 rings (SSSR count). The second-order valence-corrected chi connectivity index (χ2v) is 14.6. The first kappa shape index (κ1) is 34.9. The number of nitro groups is 2. The summed E-state index contributed by atoms with van der Waals surface area (Å²) in [6, 6.07) is 8.86. The van der Waals surface area contributed by atoms with E-state index in [1.807, 2.05) is 0 Å². The number of pyridine rings is 2. The lowest BCUT2D eigenvalue weighted by atomic mass is 10.2. The molecule has 2 aromatic heterocycles. The quantitative estimate of drug-likeness (QED) is 0.0464. The molecule has 4 aromatic rings. The zero-order chi connectivity index (χ0) is 30.9. The average Bonchev–Trinajstić information content (AvgIpc) is 2.80. The van der Waals surface area contributed by atoms with Gasteiger partial charge in [-0.3, -0.25) is 34.4 Å². The van der Waals surface area contributed by atoms with Crippen molar-refractivity contribution in [1.82, 2.24) is 9.97 Å². The molecule has 0 amide bonds. The molecule has 0 aliphatic heterocycles. The summed E-state index contributed by atoms with van der Waals surface area (Å²) in [5.41, 5.74) is 2.98. The number of aromatic amines is 2. The van der Waals surface area contributed by atoms with Crippen LogP contribution in [-0.2, 0) is 4.57 Å². The zero-order valence-corrected chi connectivity index (χ0v) is 24.3. The Morgan fingerprint density at radius 3 is 1.60 bits per heavy atom. The molecule has 0 fully saturated rings. The Hall–Kier alpha value is -3.17. The van der Waals surface area contributed by atoms with Gasteiger partial charge in [0.2, 0.25) is 5.75 Å². The Morgan fingerprint density at radius 2 is 1.20 bits per heavy atom. The third-order valence-electron chi connectivity index (χ3n) is 4.18. The van der Waals surface area contributed by atoms with Crippen LogP contribution in [0.5, 0.6) is 5.75 Å². The van der Waals surface area contributed by atoms with E-state index < -0.39 is 43.3 Å². The number of nitrogens with two attached hydrogens (primary N) is 1. The van der Waals surface area contributed by atoms with Crippen LogP contribution in [0.25, 0.3) is 21.8 Å². The Kier molecular flexibility index (Phi) is 13.1. The number of aromatic hydroxyl groups is 1. The van der Waals surface area contributed by atoms with Crippen LogP contribution in [0.15, 0.2) is 51.2 Å². The van der Waals surface area contributed by atoms with Crippen LogP contribution >= 0.6 is 73.7 Å². The van der Waals surface area contributed by atoms with Gasteiger partial charge < -0.3 is 20.9 Å². The van der Waals surface area contributed by atoms with Crippen molar-refractivity contribution in [2.75, 3.05) is 0 Å². The van der Waals surface area contributed by atoms with E-state index in [4.69, 9.17) is 40.3 Å². The first-order chi connectivity index (χ1) is 18.4. The minimum atomic E-state index is -3.22. The fourth-order valence-corrected chi connectivity index (χ4v) is 3.44. The third-order valence-corrected chi connectivity index (χ3v) is 5.03. The van der Waals surface area contributed by atoms with Crippen molar-refractivity contribution >= 4 is 107 Å². The predicted molar refractivity (Wildman–Crippen MR) is 154 cm³/mol. The van der Waals surface area contributed by atoms with Gasteiger partial charge in [0, 0.05) is 20.8 Å². The van der Waals surface area contributed by atoms with Crippen molar-refractivity contribution in [3.8, 4) is 5.75 Å². The SMILES string of the molecule is N=NN.O=P(Cl)(Cl)Cl.O=c1[nH]c2ccc(Cl)cc2c(Cl)c1[N+](=O)[O-].O=c1[nH]c2ccc(Cl)cc2c(O)c1[N+](=O)[O-]. The molecular formula is C18H12Cl6N7O8P. The molecule has 0 bridgehead atoms. The molecule has 22 heteroatoms. The maximum Gasteiger partial charge on any atom is 0.375 e. The first-order valence-corrected chi connectivity index (χ1v) is 15.1. The summed E-state index contributed by atoms with van der Waals surface area (Å²) in [5.74, 6) is 3.46. The summed E-state index contributed by atoms with van der Waals surface area (Å²) in [6.45, 7) is 0. The van der Waals surface area contributed by atoms with Gasteiger partial charge in [0.15, 0.2) is 0 Å². The Balaban J connectivity index is 0.000000317. The van der Waals surface area contributed by atoms with Crippen LogP contribution in [0.1, 0.15) is 0 Å². The summed E-state index contributed by atoms with van der Waals surface area (Å²) in [5, 5.41) is 30.8. The summed E-state index contributed by atoms with van der Waals surface area (Å²) in [4.78, 5) is 46.8. The molecule has 0 unspecified atom stereocenters. The molecule has 0 atom stereocenters. The number of benzene rings is 2. The minimum absolute atomic E-state index is 0.138. The van der Waals surface area contributed by atoms with Crippen molar-refractivity contribution < 1.29 is 19.5 Å². The molecule has 40 heavy (non-hydrogen) atoms. The maximum atomic E-state index is 11.4. The second kappa shape index (κ2) is 15.0. The zero-order valence-electron chi connectivity index (χ0n) is 18.9. The lowest BCUT2D eigenvalue weighted by Crippen LogP contribution is -2.12. The molecule has 2 aromatic carbocycles. The summed E-state index contributed by atoms with van der Waals surface area (Å²) in [6.07, 6.45) is 0.